The Morgan fingerprint density at radius 2 is 1.19 bits per heavy atom. The van der Waals surface area contributed by atoms with Gasteiger partial charge in [0.25, 0.3) is 0 Å². The summed E-state index contributed by atoms with van der Waals surface area (Å²) in [6, 6.07) is -0.100. The van der Waals surface area contributed by atoms with Crippen molar-refractivity contribution in [2.75, 3.05) is 19.6 Å². The minimum Gasteiger partial charge on any atom is -0.356 e. The minimum absolute atomic E-state index is 0.00199. The maximum Gasteiger partial charge on any atom is 0.314 e. The third kappa shape index (κ3) is 13.5. The highest BCUT2D eigenvalue weighted by molar-refractivity contribution is 5.73. The summed E-state index contributed by atoms with van der Waals surface area (Å²) in [5.41, 5.74) is 0.333. The molecule has 0 fully saturated rings. The van der Waals surface area contributed by atoms with Gasteiger partial charge in [-0.15, -0.1) is 0 Å². The Morgan fingerprint density at radius 1 is 0.762 bits per heavy atom. The number of carbonyl (C=O) groups excluding carboxylic acids is 2. The Hall–Kier alpha value is -1.26. The van der Waals surface area contributed by atoms with Gasteiger partial charge in [-0.3, -0.25) is 4.79 Å². The zero-order chi connectivity index (χ0) is 16.5. The molecule has 0 aliphatic carbocycles. The fourth-order valence-electron chi connectivity index (χ4n) is 1.83. The highest BCUT2D eigenvalue weighted by Crippen LogP contribution is 2.23. The van der Waals surface area contributed by atoms with Crippen LogP contribution in [0.1, 0.15) is 60.8 Å². The van der Waals surface area contributed by atoms with E-state index < -0.39 is 0 Å². The molecule has 0 saturated heterocycles. The fourth-order valence-corrected chi connectivity index (χ4v) is 1.83. The molecule has 0 heterocycles. The lowest BCUT2D eigenvalue weighted by molar-refractivity contribution is -0.119. The predicted octanol–water partition coefficient (Wildman–Crippen LogP) is 2.66. The summed E-state index contributed by atoms with van der Waals surface area (Å²) in [7, 11) is 0. The van der Waals surface area contributed by atoms with Crippen molar-refractivity contribution in [1.82, 2.24) is 16.0 Å². The molecule has 0 rings (SSSR count). The zero-order valence-electron chi connectivity index (χ0n) is 14.6. The van der Waals surface area contributed by atoms with Crippen molar-refractivity contribution < 1.29 is 9.59 Å². The number of urea groups is 1. The van der Waals surface area contributed by atoms with Gasteiger partial charge in [0.05, 0.1) is 0 Å². The third-order valence-electron chi connectivity index (χ3n) is 3.42. The first kappa shape index (κ1) is 19.7. The van der Waals surface area contributed by atoms with Crippen molar-refractivity contribution in [2.24, 2.45) is 10.8 Å². The first-order chi connectivity index (χ1) is 9.52. The molecule has 0 spiro atoms. The number of hydrogen-bond acceptors (Lipinski definition) is 2. The average molecular weight is 299 g/mol. The molecule has 0 aliphatic heterocycles. The van der Waals surface area contributed by atoms with E-state index in [1.165, 1.54) is 6.92 Å². The smallest absolute Gasteiger partial charge is 0.314 e. The van der Waals surface area contributed by atoms with E-state index >= 15 is 0 Å². The molecule has 0 atom stereocenters. The molecule has 3 N–H and O–H groups in total. The molecule has 124 valence electrons. The summed E-state index contributed by atoms with van der Waals surface area (Å²) >= 11 is 0. The van der Waals surface area contributed by atoms with E-state index in [0.717, 1.165) is 19.3 Å². The Morgan fingerprint density at radius 3 is 1.62 bits per heavy atom. The SMILES string of the molecule is CC(=O)NCCC(C)(C)CCNC(=O)NCCC(C)(C)C. The summed E-state index contributed by atoms with van der Waals surface area (Å²) in [4.78, 5) is 22.5. The van der Waals surface area contributed by atoms with Gasteiger partial charge in [-0.2, -0.15) is 0 Å². The number of amides is 3. The van der Waals surface area contributed by atoms with Gasteiger partial charge in [-0.05, 0) is 30.1 Å². The van der Waals surface area contributed by atoms with Crippen LogP contribution in [0.15, 0.2) is 0 Å². The maximum atomic E-state index is 11.6. The average Bonchev–Trinajstić information content (AvgIpc) is 2.25. The van der Waals surface area contributed by atoms with Gasteiger partial charge >= 0.3 is 6.03 Å². The third-order valence-corrected chi connectivity index (χ3v) is 3.42. The molecule has 0 aromatic heterocycles. The van der Waals surface area contributed by atoms with E-state index in [1.807, 2.05) is 0 Å². The highest BCUT2D eigenvalue weighted by Gasteiger charge is 2.17. The molecule has 3 amide bonds. The van der Waals surface area contributed by atoms with Crippen LogP contribution < -0.4 is 16.0 Å². The van der Waals surface area contributed by atoms with Gasteiger partial charge in [0.2, 0.25) is 5.91 Å². The van der Waals surface area contributed by atoms with Crippen LogP contribution in [0.5, 0.6) is 0 Å². The molecule has 0 saturated carbocycles. The molecule has 5 nitrogen and oxygen atoms in total. The standard InChI is InChI=1S/C16H33N3O2/c1-13(20)17-11-8-16(5,6)9-12-19-14(21)18-10-7-15(2,3)4/h7-12H2,1-6H3,(H,17,20)(H2,18,19,21). The summed E-state index contributed by atoms with van der Waals surface area (Å²) in [6.07, 6.45) is 2.75. The maximum absolute atomic E-state index is 11.6. The lowest BCUT2D eigenvalue weighted by atomic mass is 9.85. The predicted molar refractivity (Wildman–Crippen MR) is 87.2 cm³/mol. The Kier molecular flexibility index (Phi) is 8.37. The molecule has 0 radical (unpaired) electrons. The van der Waals surface area contributed by atoms with E-state index in [0.29, 0.717) is 19.6 Å². The number of nitrogens with one attached hydrogen (secondary N) is 3. The van der Waals surface area contributed by atoms with Gasteiger partial charge < -0.3 is 16.0 Å². The monoisotopic (exact) mass is 299 g/mol. The fraction of sp³-hybridized carbons (Fsp3) is 0.875. The largest absolute Gasteiger partial charge is 0.356 e. The Labute approximate surface area is 129 Å². The van der Waals surface area contributed by atoms with E-state index in [9.17, 15) is 9.59 Å². The van der Waals surface area contributed by atoms with Gasteiger partial charge in [0.15, 0.2) is 0 Å². The zero-order valence-corrected chi connectivity index (χ0v) is 14.6. The summed E-state index contributed by atoms with van der Waals surface area (Å²) < 4.78 is 0. The molecule has 0 aromatic carbocycles. The first-order valence-corrected chi connectivity index (χ1v) is 7.78. The second-order valence-electron chi connectivity index (χ2n) is 7.64. The number of carbonyl (C=O) groups is 2. The molecule has 0 aliphatic rings. The van der Waals surface area contributed by atoms with Crippen LogP contribution in [0, 0.1) is 10.8 Å². The van der Waals surface area contributed by atoms with E-state index in [2.05, 4.69) is 50.6 Å². The second kappa shape index (κ2) is 8.90. The van der Waals surface area contributed by atoms with Crippen molar-refractivity contribution in [1.29, 1.82) is 0 Å². The van der Waals surface area contributed by atoms with Gasteiger partial charge in [0.1, 0.15) is 0 Å². The summed E-state index contributed by atoms with van der Waals surface area (Å²) in [5.74, 6) is 0.00199. The van der Waals surface area contributed by atoms with E-state index in [1.54, 1.807) is 0 Å². The number of rotatable bonds is 8. The van der Waals surface area contributed by atoms with Crippen LogP contribution in [0.25, 0.3) is 0 Å². The first-order valence-electron chi connectivity index (χ1n) is 7.78. The topological polar surface area (TPSA) is 70.2 Å². The van der Waals surface area contributed by atoms with Crippen molar-refractivity contribution in [2.45, 2.75) is 60.8 Å². The van der Waals surface area contributed by atoms with Gasteiger partial charge in [-0.25, -0.2) is 4.79 Å². The van der Waals surface area contributed by atoms with Crippen molar-refractivity contribution in [3.05, 3.63) is 0 Å². The van der Waals surface area contributed by atoms with Crippen molar-refractivity contribution in [3.63, 3.8) is 0 Å². The Bertz CT molecular complexity index is 333. The molecular formula is C16H33N3O2. The van der Waals surface area contributed by atoms with E-state index in [4.69, 9.17) is 0 Å². The van der Waals surface area contributed by atoms with Crippen LogP contribution in [-0.4, -0.2) is 31.6 Å². The highest BCUT2D eigenvalue weighted by atomic mass is 16.2. The molecule has 21 heavy (non-hydrogen) atoms. The van der Waals surface area contributed by atoms with Crippen LogP contribution in [0.2, 0.25) is 0 Å². The van der Waals surface area contributed by atoms with Crippen LogP contribution in [0.3, 0.4) is 0 Å². The molecule has 5 heteroatoms. The van der Waals surface area contributed by atoms with Crippen LogP contribution in [-0.2, 0) is 4.79 Å². The minimum atomic E-state index is -0.100. The second-order valence-corrected chi connectivity index (χ2v) is 7.64. The summed E-state index contributed by atoms with van der Waals surface area (Å²) in [5, 5.41) is 8.57. The van der Waals surface area contributed by atoms with E-state index in [-0.39, 0.29) is 22.8 Å². The van der Waals surface area contributed by atoms with Crippen molar-refractivity contribution >= 4 is 11.9 Å². The van der Waals surface area contributed by atoms with Crippen LogP contribution in [0.4, 0.5) is 4.79 Å². The lowest BCUT2D eigenvalue weighted by Crippen LogP contribution is -2.38. The Balaban J connectivity index is 3.75. The molecular weight excluding hydrogens is 266 g/mol. The normalized spacial score (nSPS) is 11.9. The summed E-state index contributed by atoms with van der Waals surface area (Å²) in [6.45, 7) is 14.3. The van der Waals surface area contributed by atoms with Gasteiger partial charge in [0, 0.05) is 26.6 Å². The van der Waals surface area contributed by atoms with Crippen molar-refractivity contribution in [3.8, 4) is 0 Å². The quantitative estimate of drug-likeness (QED) is 0.645. The number of hydrogen-bond donors (Lipinski definition) is 3. The molecule has 0 aromatic rings. The molecule has 0 unspecified atom stereocenters. The van der Waals surface area contributed by atoms with Gasteiger partial charge in [-0.1, -0.05) is 34.6 Å². The lowest BCUT2D eigenvalue weighted by Gasteiger charge is -2.25. The molecule has 0 bridgehead atoms. The van der Waals surface area contributed by atoms with Crippen LogP contribution >= 0.6 is 0 Å².